The van der Waals surface area contributed by atoms with Crippen LogP contribution in [-0.2, 0) is 9.53 Å². The highest BCUT2D eigenvalue weighted by Crippen LogP contribution is 2.38. The molecule has 178 valence electrons. The summed E-state index contributed by atoms with van der Waals surface area (Å²) in [7, 11) is 0. The summed E-state index contributed by atoms with van der Waals surface area (Å²) in [6, 6.07) is 18.6. The van der Waals surface area contributed by atoms with Crippen LogP contribution in [0, 0.1) is 11.6 Å². The monoisotopic (exact) mass is 491 g/mol. The molecular formula is C29H24ClF2NO2. The molecule has 0 aliphatic rings. The number of hydrogen-bond acceptors (Lipinski definition) is 2. The van der Waals surface area contributed by atoms with Gasteiger partial charge in [-0.1, -0.05) is 48.9 Å². The number of carbonyl (C=O) groups excluding carboxylic acids is 1. The molecule has 0 spiro atoms. The molecule has 1 aromatic heterocycles. The molecule has 0 unspecified atom stereocenters. The number of allylic oxidation sites excluding steroid dienone is 1. The molecule has 0 saturated heterocycles. The van der Waals surface area contributed by atoms with Gasteiger partial charge in [-0.15, -0.1) is 0 Å². The summed E-state index contributed by atoms with van der Waals surface area (Å²) in [6.45, 7) is 4.08. The van der Waals surface area contributed by atoms with E-state index in [0.717, 1.165) is 38.9 Å². The van der Waals surface area contributed by atoms with Crippen LogP contribution >= 0.6 is 11.6 Å². The van der Waals surface area contributed by atoms with Crippen molar-refractivity contribution >= 4 is 45.7 Å². The van der Waals surface area contributed by atoms with Crippen LogP contribution in [0.5, 0.6) is 0 Å². The Labute approximate surface area is 207 Å². The maximum Gasteiger partial charge on any atom is 0.330 e. The van der Waals surface area contributed by atoms with Gasteiger partial charge < -0.3 is 9.72 Å². The second-order valence-electron chi connectivity index (χ2n) is 7.95. The molecule has 1 heterocycles. The molecule has 3 aromatic carbocycles. The first-order valence-electron chi connectivity index (χ1n) is 11.3. The molecule has 6 heteroatoms. The minimum Gasteiger partial charge on any atom is -0.463 e. The number of aromatic nitrogens is 1. The molecule has 0 radical (unpaired) electrons. The van der Waals surface area contributed by atoms with E-state index in [0.29, 0.717) is 23.6 Å². The number of carbonyl (C=O) groups is 1. The first-order valence-corrected chi connectivity index (χ1v) is 11.7. The third kappa shape index (κ3) is 5.52. The predicted molar refractivity (Wildman–Crippen MR) is 138 cm³/mol. The smallest absolute Gasteiger partial charge is 0.330 e. The van der Waals surface area contributed by atoms with Crippen LogP contribution in [0.1, 0.15) is 42.7 Å². The minimum atomic E-state index is -0.408. The number of rotatable bonds is 7. The number of esters is 1. The zero-order valence-corrected chi connectivity index (χ0v) is 20.1. The fourth-order valence-electron chi connectivity index (χ4n) is 4.08. The fourth-order valence-corrected chi connectivity index (χ4v) is 4.36. The van der Waals surface area contributed by atoms with Crippen LogP contribution in [0.4, 0.5) is 8.78 Å². The van der Waals surface area contributed by atoms with E-state index < -0.39 is 11.8 Å². The van der Waals surface area contributed by atoms with Crippen LogP contribution in [0.15, 0.2) is 72.8 Å². The number of nitrogens with one attached hydrogen (secondary N) is 1. The van der Waals surface area contributed by atoms with Crippen LogP contribution in [0.25, 0.3) is 28.1 Å². The lowest BCUT2D eigenvalue weighted by Gasteiger charge is -2.16. The van der Waals surface area contributed by atoms with Crippen molar-refractivity contribution in [1.29, 1.82) is 0 Å². The average molecular weight is 492 g/mol. The molecule has 0 saturated carbocycles. The highest BCUT2D eigenvalue weighted by atomic mass is 35.5. The van der Waals surface area contributed by atoms with Gasteiger partial charge in [0.25, 0.3) is 0 Å². The van der Waals surface area contributed by atoms with Gasteiger partial charge in [-0.3, -0.25) is 0 Å². The van der Waals surface area contributed by atoms with E-state index >= 15 is 0 Å². The molecule has 0 aliphatic carbocycles. The molecule has 0 aliphatic heterocycles. The van der Waals surface area contributed by atoms with Gasteiger partial charge in [0.1, 0.15) is 11.6 Å². The molecule has 0 amide bonds. The van der Waals surface area contributed by atoms with E-state index in [-0.39, 0.29) is 5.82 Å². The lowest BCUT2D eigenvalue weighted by atomic mass is 9.90. The average Bonchev–Trinajstić information content (AvgIpc) is 3.25. The van der Waals surface area contributed by atoms with Crippen molar-refractivity contribution < 1.29 is 18.3 Å². The Hall–Kier alpha value is -3.70. The van der Waals surface area contributed by atoms with Crippen molar-refractivity contribution in [2.24, 2.45) is 0 Å². The summed E-state index contributed by atoms with van der Waals surface area (Å²) in [5.74, 6) is -1.14. The van der Waals surface area contributed by atoms with E-state index in [9.17, 15) is 13.6 Å². The zero-order chi connectivity index (χ0) is 24.9. The normalized spacial score (nSPS) is 12.3. The molecule has 0 atom stereocenters. The number of halogens is 3. The lowest BCUT2D eigenvalue weighted by molar-refractivity contribution is -0.137. The van der Waals surface area contributed by atoms with E-state index in [1.165, 1.54) is 30.3 Å². The van der Waals surface area contributed by atoms with Crippen LogP contribution < -0.4 is 0 Å². The van der Waals surface area contributed by atoms with Gasteiger partial charge in [0.15, 0.2) is 0 Å². The molecule has 35 heavy (non-hydrogen) atoms. The lowest BCUT2D eigenvalue weighted by Crippen LogP contribution is -1.98. The second kappa shape index (κ2) is 10.7. The summed E-state index contributed by atoms with van der Waals surface area (Å²) in [4.78, 5) is 15.0. The first kappa shape index (κ1) is 24.4. The molecule has 0 bridgehead atoms. The van der Waals surface area contributed by atoms with Gasteiger partial charge in [0.2, 0.25) is 0 Å². The van der Waals surface area contributed by atoms with Gasteiger partial charge in [-0.2, -0.15) is 0 Å². The number of benzene rings is 3. The molecule has 1 N–H and O–H groups in total. The Kier molecular flexibility index (Phi) is 7.47. The number of fused-ring (bicyclic) bond motifs is 1. The van der Waals surface area contributed by atoms with Crippen LogP contribution in [0.2, 0.25) is 5.02 Å². The molecule has 0 fully saturated rings. The van der Waals surface area contributed by atoms with Gasteiger partial charge >= 0.3 is 5.97 Å². The van der Waals surface area contributed by atoms with Crippen LogP contribution in [-0.4, -0.2) is 17.6 Å². The maximum atomic E-state index is 13.8. The van der Waals surface area contributed by atoms with Crippen molar-refractivity contribution in [2.45, 2.75) is 20.3 Å². The van der Waals surface area contributed by atoms with Crippen molar-refractivity contribution in [2.75, 3.05) is 6.61 Å². The number of hydrogen-bond donors (Lipinski definition) is 1. The molecule has 3 nitrogen and oxygen atoms in total. The first-order chi connectivity index (χ1) is 16.9. The van der Waals surface area contributed by atoms with E-state index in [1.807, 2.05) is 37.3 Å². The third-order valence-corrected chi connectivity index (χ3v) is 5.98. The minimum absolute atomic E-state index is 0.315. The summed E-state index contributed by atoms with van der Waals surface area (Å²) < 4.78 is 32.6. The summed E-state index contributed by atoms with van der Waals surface area (Å²) in [6.07, 6.45) is 3.70. The summed E-state index contributed by atoms with van der Waals surface area (Å²) in [5, 5.41) is 1.18. The third-order valence-electron chi connectivity index (χ3n) is 5.66. The van der Waals surface area contributed by atoms with Crippen molar-refractivity contribution in [3.63, 3.8) is 0 Å². The molecule has 4 aromatic rings. The van der Waals surface area contributed by atoms with Gasteiger partial charge in [0, 0.05) is 28.2 Å². The molecule has 4 rings (SSSR count). The topological polar surface area (TPSA) is 42.1 Å². The van der Waals surface area contributed by atoms with E-state index in [4.69, 9.17) is 16.3 Å². The van der Waals surface area contributed by atoms with Crippen molar-refractivity contribution in [1.82, 2.24) is 4.98 Å². The van der Waals surface area contributed by atoms with Gasteiger partial charge in [-0.25, -0.2) is 13.6 Å². The zero-order valence-electron chi connectivity index (χ0n) is 19.4. The number of aromatic amines is 1. The van der Waals surface area contributed by atoms with Crippen molar-refractivity contribution in [3.8, 4) is 0 Å². The Morgan fingerprint density at radius 1 is 0.971 bits per heavy atom. The van der Waals surface area contributed by atoms with E-state index in [1.54, 1.807) is 25.1 Å². The number of ether oxygens (including phenoxy) is 1. The number of H-pyrrole nitrogens is 1. The van der Waals surface area contributed by atoms with Gasteiger partial charge in [-0.05, 0) is 78.1 Å². The van der Waals surface area contributed by atoms with Crippen LogP contribution in [0.3, 0.4) is 0 Å². The van der Waals surface area contributed by atoms with Gasteiger partial charge in [0.05, 0.1) is 11.6 Å². The summed E-state index contributed by atoms with van der Waals surface area (Å²) in [5.41, 5.74) is 5.70. The predicted octanol–water partition coefficient (Wildman–Crippen LogP) is 8.04. The second-order valence-corrected chi connectivity index (χ2v) is 8.36. The largest absolute Gasteiger partial charge is 0.463 e. The van der Waals surface area contributed by atoms with Crippen molar-refractivity contribution in [3.05, 3.63) is 112 Å². The highest BCUT2D eigenvalue weighted by molar-refractivity contribution is 6.32. The Morgan fingerprint density at radius 3 is 2.37 bits per heavy atom. The summed E-state index contributed by atoms with van der Waals surface area (Å²) >= 11 is 6.46. The fraction of sp³-hybridized carbons (Fsp3) is 0.138. The Bertz CT molecular complexity index is 1440. The Balaban J connectivity index is 1.87. The molecular weight excluding hydrogens is 468 g/mol. The maximum absolute atomic E-state index is 13.8. The quantitative estimate of drug-likeness (QED) is 0.161. The Morgan fingerprint density at radius 2 is 1.69 bits per heavy atom. The standard InChI is InChI=1S/C29H24ClF2NO2/c1-3-23(24-13-12-21(31)16-25(24)30)29(27-15-20-10-11-22(32)17-26(20)33-27)19-8-5-18(6-9-19)7-14-28(34)35-4-2/h5-17,33H,3-4H2,1-2H3/b14-7+,29-23+. The van der Waals surface area contributed by atoms with E-state index in [2.05, 4.69) is 4.98 Å². The highest BCUT2D eigenvalue weighted by Gasteiger charge is 2.17. The SMILES string of the molecule is CCOC(=O)/C=C/c1ccc(/C(=C(/CC)c2ccc(F)cc2Cl)c2cc3ccc(F)cc3[nH]2)cc1.